The van der Waals surface area contributed by atoms with Crippen LogP contribution in [0, 0.1) is 0 Å². The number of carbonyl (C=O) groups excluding carboxylic acids is 1. The molecule has 2 rings (SSSR count). The lowest BCUT2D eigenvalue weighted by atomic mass is 9.84. The van der Waals surface area contributed by atoms with Crippen molar-refractivity contribution in [1.82, 2.24) is 0 Å². The summed E-state index contributed by atoms with van der Waals surface area (Å²) in [4.78, 5) is 11.4. The second kappa shape index (κ2) is 3.10. The summed E-state index contributed by atoms with van der Waals surface area (Å²) in [5.41, 5.74) is -0.0346. The third kappa shape index (κ3) is 0.990. The van der Waals surface area contributed by atoms with Gasteiger partial charge in [-0.05, 0) is 12.5 Å². The molecule has 0 amide bonds. The summed E-state index contributed by atoms with van der Waals surface area (Å²) in [7, 11) is 1.53. The smallest absolute Gasteiger partial charge is 0.347 e. The monoisotopic (exact) mass is 192 g/mol. The first-order valence-electron chi connectivity index (χ1n) is 4.53. The Labute approximate surface area is 82.6 Å². The average Bonchev–Trinajstić information content (AvgIpc) is 2.21. The second-order valence-corrected chi connectivity index (χ2v) is 3.35. The van der Waals surface area contributed by atoms with Gasteiger partial charge in [-0.3, -0.25) is 0 Å². The third-order valence-electron chi connectivity index (χ3n) is 2.68. The second-order valence-electron chi connectivity index (χ2n) is 3.35. The van der Waals surface area contributed by atoms with E-state index in [0.29, 0.717) is 0 Å². The lowest BCUT2D eigenvalue weighted by Gasteiger charge is -2.43. The highest BCUT2D eigenvalue weighted by atomic mass is 16.6. The van der Waals surface area contributed by atoms with Gasteiger partial charge in [0.05, 0.1) is 0 Å². The minimum absolute atomic E-state index is 0.220. The van der Waals surface area contributed by atoms with E-state index >= 15 is 0 Å². The normalized spacial score (nSPS) is 30.7. The predicted molar refractivity (Wildman–Crippen MR) is 50.7 cm³/mol. The van der Waals surface area contributed by atoms with Crippen LogP contribution in [0.4, 0.5) is 0 Å². The van der Waals surface area contributed by atoms with Gasteiger partial charge in [0.1, 0.15) is 6.10 Å². The molecule has 1 aromatic rings. The fourth-order valence-electron chi connectivity index (χ4n) is 1.84. The van der Waals surface area contributed by atoms with E-state index in [0.717, 1.165) is 5.56 Å². The summed E-state index contributed by atoms with van der Waals surface area (Å²) < 4.78 is 10.2. The number of carbonyl (C=O) groups is 1. The number of methoxy groups -OCH3 is 1. The van der Waals surface area contributed by atoms with E-state index < -0.39 is 5.60 Å². The molecule has 1 fully saturated rings. The van der Waals surface area contributed by atoms with Crippen LogP contribution in [-0.2, 0) is 19.9 Å². The van der Waals surface area contributed by atoms with Gasteiger partial charge in [0.25, 0.3) is 0 Å². The Balaban J connectivity index is 2.44. The van der Waals surface area contributed by atoms with E-state index in [4.69, 9.17) is 9.47 Å². The molecule has 0 N–H and O–H groups in total. The van der Waals surface area contributed by atoms with E-state index in [1.165, 1.54) is 7.11 Å². The van der Waals surface area contributed by atoms with Crippen molar-refractivity contribution in [3.05, 3.63) is 35.9 Å². The SMILES string of the molecule is COC1(c2ccccc2)C(=O)OC1C. The van der Waals surface area contributed by atoms with Crippen molar-refractivity contribution in [2.45, 2.75) is 18.6 Å². The van der Waals surface area contributed by atoms with Crippen molar-refractivity contribution in [3.8, 4) is 0 Å². The van der Waals surface area contributed by atoms with Crippen molar-refractivity contribution in [1.29, 1.82) is 0 Å². The fraction of sp³-hybridized carbons (Fsp3) is 0.364. The van der Waals surface area contributed by atoms with Crippen LogP contribution < -0.4 is 0 Å². The van der Waals surface area contributed by atoms with Crippen LogP contribution in [0.15, 0.2) is 30.3 Å². The number of rotatable bonds is 2. The van der Waals surface area contributed by atoms with E-state index in [-0.39, 0.29) is 12.1 Å². The van der Waals surface area contributed by atoms with E-state index in [9.17, 15) is 4.79 Å². The maximum absolute atomic E-state index is 11.4. The van der Waals surface area contributed by atoms with Gasteiger partial charge in [-0.2, -0.15) is 0 Å². The topological polar surface area (TPSA) is 35.5 Å². The van der Waals surface area contributed by atoms with Crippen molar-refractivity contribution >= 4 is 5.97 Å². The number of hydrogen-bond donors (Lipinski definition) is 0. The van der Waals surface area contributed by atoms with Gasteiger partial charge in [0.15, 0.2) is 0 Å². The van der Waals surface area contributed by atoms with Crippen molar-refractivity contribution in [2.24, 2.45) is 0 Å². The molecular weight excluding hydrogens is 180 g/mol. The zero-order valence-corrected chi connectivity index (χ0v) is 8.19. The number of ether oxygens (including phenoxy) is 2. The molecule has 2 unspecified atom stereocenters. The van der Waals surface area contributed by atoms with E-state index in [1.807, 2.05) is 37.3 Å². The lowest BCUT2D eigenvalue weighted by molar-refractivity contribution is -0.236. The third-order valence-corrected chi connectivity index (χ3v) is 2.68. The Morgan fingerprint density at radius 3 is 2.43 bits per heavy atom. The summed E-state index contributed by atoms with van der Waals surface area (Å²) in [5, 5.41) is 0. The van der Waals surface area contributed by atoms with Crippen LogP contribution in [0.1, 0.15) is 12.5 Å². The minimum Gasteiger partial charge on any atom is -0.456 e. The zero-order valence-electron chi connectivity index (χ0n) is 8.19. The standard InChI is InChI=1S/C11H12O3/c1-8-11(13-2,10(12)14-8)9-6-4-3-5-7-9/h3-8H,1-2H3. The average molecular weight is 192 g/mol. The first-order valence-corrected chi connectivity index (χ1v) is 4.53. The molecule has 2 atom stereocenters. The van der Waals surface area contributed by atoms with Crippen molar-refractivity contribution < 1.29 is 14.3 Å². The molecule has 1 saturated heterocycles. The van der Waals surface area contributed by atoms with Gasteiger partial charge < -0.3 is 9.47 Å². The lowest BCUT2D eigenvalue weighted by Crippen LogP contribution is -2.59. The summed E-state index contributed by atoms with van der Waals surface area (Å²) in [6.45, 7) is 1.83. The van der Waals surface area contributed by atoms with Gasteiger partial charge in [0.2, 0.25) is 5.60 Å². The molecule has 1 aliphatic heterocycles. The maximum Gasteiger partial charge on any atom is 0.347 e. The molecule has 0 bridgehead atoms. The Hall–Kier alpha value is -1.35. The molecule has 0 aliphatic carbocycles. The summed E-state index contributed by atoms with van der Waals surface area (Å²) in [6, 6.07) is 9.42. The summed E-state index contributed by atoms with van der Waals surface area (Å²) in [6.07, 6.45) is -0.220. The first kappa shape index (κ1) is 9.21. The summed E-state index contributed by atoms with van der Waals surface area (Å²) >= 11 is 0. The number of benzene rings is 1. The summed E-state index contributed by atoms with van der Waals surface area (Å²) in [5.74, 6) is -0.307. The van der Waals surface area contributed by atoms with Gasteiger partial charge in [-0.1, -0.05) is 30.3 Å². The van der Waals surface area contributed by atoms with Gasteiger partial charge in [-0.25, -0.2) is 4.79 Å². The van der Waals surface area contributed by atoms with Crippen LogP contribution in [0.3, 0.4) is 0 Å². The van der Waals surface area contributed by atoms with E-state index in [2.05, 4.69) is 0 Å². The highest BCUT2D eigenvalue weighted by molar-refractivity contribution is 5.87. The van der Waals surface area contributed by atoms with E-state index in [1.54, 1.807) is 0 Å². The molecule has 14 heavy (non-hydrogen) atoms. The maximum atomic E-state index is 11.4. The first-order chi connectivity index (χ1) is 6.71. The fourth-order valence-corrected chi connectivity index (χ4v) is 1.84. The Bertz CT molecular complexity index is 347. The molecule has 1 aromatic carbocycles. The quantitative estimate of drug-likeness (QED) is 0.666. The molecule has 3 nitrogen and oxygen atoms in total. The van der Waals surface area contributed by atoms with Crippen LogP contribution in [-0.4, -0.2) is 19.2 Å². The molecule has 0 aromatic heterocycles. The minimum atomic E-state index is -0.888. The Morgan fingerprint density at radius 2 is 2.00 bits per heavy atom. The molecule has 1 heterocycles. The Kier molecular flexibility index (Phi) is 2.04. The van der Waals surface area contributed by atoms with Crippen LogP contribution in [0.25, 0.3) is 0 Å². The highest BCUT2D eigenvalue weighted by Gasteiger charge is 2.57. The molecule has 0 saturated carbocycles. The van der Waals surface area contributed by atoms with Crippen molar-refractivity contribution in [2.75, 3.05) is 7.11 Å². The highest BCUT2D eigenvalue weighted by Crippen LogP contribution is 2.40. The number of cyclic esters (lactones) is 1. The predicted octanol–water partition coefficient (Wildman–Crippen LogP) is 1.47. The van der Waals surface area contributed by atoms with Gasteiger partial charge in [-0.15, -0.1) is 0 Å². The molecule has 74 valence electrons. The molecule has 1 aliphatic rings. The van der Waals surface area contributed by atoms with Crippen LogP contribution in [0.2, 0.25) is 0 Å². The van der Waals surface area contributed by atoms with Crippen molar-refractivity contribution in [3.63, 3.8) is 0 Å². The largest absolute Gasteiger partial charge is 0.456 e. The molecule has 0 radical (unpaired) electrons. The molecular formula is C11H12O3. The Morgan fingerprint density at radius 1 is 1.36 bits per heavy atom. The molecule has 0 spiro atoms. The van der Waals surface area contributed by atoms with Gasteiger partial charge >= 0.3 is 5.97 Å². The zero-order chi connectivity index (χ0) is 10.2. The number of esters is 1. The van der Waals surface area contributed by atoms with Crippen LogP contribution in [0.5, 0.6) is 0 Å². The van der Waals surface area contributed by atoms with Gasteiger partial charge in [0, 0.05) is 7.11 Å². The van der Waals surface area contributed by atoms with Crippen LogP contribution >= 0.6 is 0 Å². The number of hydrogen-bond acceptors (Lipinski definition) is 3. The molecule has 3 heteroatoms.